The molecule has 0 amide bonds. The third kappa shape index (κ3) is 4.00. The minimum atomic E-state index is -0.219. The van der Waals surface area contributed by atoms with Crippen LogP contribution in [0.15, 0.2) is 71.5 Å². The van der Waals surface area contributed by atoms with Crippen LogP contribution in [0.4, 0.5) is 0 Å². The Balaban J connectivity index is 1.39. The number of hydrogen-bond donors (Lipinski definition) is 0. The van der Waals surface area contributed by atoms with E-state index in [9.17, 15) is 9.59 Å². The molecule has 0 unspecified atom stereocenters. The first-order valence-electron chi connectivity index (χ1n) is 11.0. The lowest BCUT2D eigenvalue weighted by molar-refractivity contribution is -0.120. The average molecular weight is 446 g/mol. The number of fused-ring (bicyclic) bond motifs is 1. The fourth-order valence-electron chi connectivity index (χ4n) is 4.34. The molecule has 5 rings (SSSR count). The predicted octanol–water partition coefficient (Wildman–Crippen LogP) is 5.62. The van der Waals surface area contributed by atoms with Gasteiger partial charge in [0, 0.05) is 23.0 Å². The number of carbonyl (C=O) groups excluding carboxylic acids is 1. The van der Waals surface area contributed by atoms with E-state index in [4.69, 9.17) is 11.6 Å². The van der Waals surface area contributed by atoms with Crippen LogP contribution in [-0.4, -0.2) is 20.1 Å². The highest BCUT2D eigenvalue weighted by molar-refractivity contribution is 6.30. The van der Waals surface area contributed by atoms with Crippen molar-refractivity contribution in [3.8, 4) is 11.4 Å². The topological polar surface area (TPSA) is 56.9 Å². The number of nitrogens with zero attached hydrogens (tertiary/aromatic N) is 3. The molecule has 0 N–H and O–H groups in total. The molecule has 0 radical (unpaired) electrons. The zero-order valence-corrected chi connectivity index (χ0v) is 18.6. The minimum Gasteiger partial charge on any atom is -0.298 e. The predicted molar refractivity (Wildman–Crippen MR) is 127 cm³/mol. The van der Waals surface area contributed by atoms with Gasteiger partial charge in [-0.25, -0.2) is 9.48 Å². The fraction of sp³-hybridized carbons (Fsp3) is 0.269. The average Bonchev–Trinajstić information content (AvgIpc) is 3.58. The van der Waals surface area contributed by atoms with E-state index in [1.165, 1.54) is 4.68 Å². The second-order valence-electron chi connectivity index (χ2n) is 8.58. The fourth-order valence-corrected chi connectivity index (χ4v) is 4.47. The van der Waals surface area contributed by atoms with Crippen molar-refractivity contribution >= 4 is 28.2 Å². The molecule has 4 aromatic rings. The van der Waals surface area contributed by atoms with Crippen LogP contribution in [0.5, 0.6) is 0 Å². The van der Waals surface area contributed by atoms with E-state index in [2.05, 4.69) is 36.3 Å². The van der Waals surface area contributed by atoms with Crippen LogP contribution in [0.2, 0.25) is 5.02 Å². The van der Waals surface area contributed by atoms with Gasteiger partial charge in [-0.1, -0.05) is 61.0 Å². The maximum Gasteiger partial charge on any atom is 0.346 e. The molecule has 3 aromatic carbocycles. The maximum absolute atomic E-state index is 13.1. The van der Waals surface area contributed by atoms with Crippen LogP contribution in [0.3, 0.4) is 0 Å². The molecule has 162 valence electrons. The van der Waals surface area contributed by atoms with E-state index >= 15 is 0 Å². The van der Waals surface area contributed by atoms with Gasteiger partial charge >= 0.3 is 5.69 Å². The van der Waals surface area contributed by atoms with Crippen LogP contribution in [0.1, 0.15) is 43.7 Å². The first kappa shape index (κ1) is 20.7. The van der Waals surface area contributed by atoms with Crippen molar-refractivity contribution in [1.29, 1.82) is 0 Å². The number of benzene rings is 3. The third-order valence-corrected chi connectivity index (χ3v) is 6.35. The molecule has 1 saturated carbocycles. The molecule has 0 saturated heterocycles. The molecule has 1 aliphatic carbocycles. The highest BCUT2D eigenvalue weighted by Gasteiger charge is 2.30. The van der Waals surface area contributed by atoms with E-state index in [1.54, 1.807) is 16.7 Å². The van der Waals surface area contributed by atoms with Crippen molar-refractivity contribution in [2.75, 3.05) is 0 Å². The van der Waals surface area contributed by atoms with E-state index in [0.717, 1.165) is 34.7 Å². The molecule has 1 atom stereocenters. The molecule has 0 bridgehead atoms. The van der Waals surface area contributed by atoms with Gasteiger partial charge in [0.2, 0.25) is 0 Å². The maximum atomic E-state index is 13.1. The first-order chi connectivity index (χ1) is 15.5. The number of Topliss-reactive ketones (excluding diaryl/α,β-unsaturated/α-hetero) is 1. The summed E-state index contributed by atoms with van der Waals surface area (Å²) in [7, 11) is 0. The number of ketones is 1. The number of aromatic nitrogens is 3. The largest absolute Gasteiger partial charge is 0.346 e. The van der Waals surface area contributed by atoms with E-state index in [1.807, 2.05) is 30.3 Å². The highest BCUT2D eigenvalue weighted by Crippen LogP contribution is 2.36. The lowest BCUT2D eigenvalue weighted by atomic mass is 9.91. The van der Waals surface area contributed by atoms with Gasteiger partial charge in [0.25, 0.3) is 0 Å². The summed E-state index contributed by atoms with van der Waals surface area (Å²) >= 11 is 6.02. The van der Waals surface area contributed by atoms with Crippen molar-refractivity contribution in [2.45, 2.75) is 44.7 Å². The van der Waals surface area contributed by atoms with Crippen molar-refractivity contribution in [3.63, 3.8) is 0 Å². The molecular formula is C26H24ClN3O2. The molecule has 0 spiro atoms. The van der Waals surface area contributed by atoms with Crippen LogP contribution >= 0.6 is 11.6 Å². The van der Waals surface area contributed by atoms with E-state index in [0.29, 0.717) is 17.3 Å². The molecule has 0 aliphatic heterocycles. The molecular weight excluding hydrogens is 422 g/mol. The van der Waals surface area contributed by atoms with Crippen molar-refractivity contribution in [1.82, 2.24) is 14.3 Å². The molecule has 6 heteroatoms. The molecule has 1 fully saturated rings. The van der Waals surface area contributed by atoms with Crippen LogP contribution in [0.25, 0.3) is 22.2 Å². The van der Waals surface area contributed by atoms with Gasteiger partial charge in [-0.05, 0) is 59.4 Å². The molecule has 5 nitrogen and oxygen atoms in total. The second kappa shape index (κ2) is 8.40. The van der Waals surface area contributed by atoms with E-state index < -0.39 is 0 Å². The summed E-state index contributed by atoms with van der Waals surface area (Å²) in [6.45, 7) is 2.04. The standard InChI is InChI=1S/C26H24ClN3O2/c1-17(23-8-4-6-18-5-2-3-7-24(18)23)15-22(31)16-29-26(32)30(21-13-14-21)25(28-29)19-9-11-20(27)12-10-19/h2-12,17,21H,13-16H2,1H3/t17-/m0/s1. The van der Waals surface area contributed by atoms with Gasteiger partial charge in [-0.3, -0.25) is 9.36 Å². The number of rotatable bonds is 7. The summed E-state index contributed by atoms with van der Waals surface area (Å²) in [6.07, 6.45) is 2.27. The van der Waals surface area contributed by atoms with Crippen LogP contribution in [0, 0.1) is 0 Å². The zero-order chi connectivity index (χ0) is 22.2. The molecule has 32 heavy (non-hydrogen) atoms. The van der Waals surface area contributed by atoms with Gasteiger partial charge in [0.05, 0.1) is 0 Å². The van der Waals surface area contributed by atoms with Crippen LogP contribution < -0.4 is 5.69 Å². The summed E-state index contributed by atoms with van der Waals surface area (Å²) in [6, 6.07) is 21.8. The Hall–Kier alpha value is -3.18. The van der Waals surface area contributed by atoms with Crippen molar-refractivity contribution < 1.29 is 4.79 Å². The zero-order valence-electron chi connectivity index (χ0n) is 17.9. The lowest BCUT2D eigenvalue weighted by Crippen LogP contribution is -2.28. The van der Waals surface area contributed by atoms with Gasteiger partial charge < -0.3 is 0 Å². The Morgan fingerprint density at radius 2 is 1.78 bits per heavy atom. The van der Waals surface area contributed by atoms with Gasteiger partial charge in [-0.2, -0.15) is 0 Å². The molecule has 1 heterocycles. The van der Waals surface area contributed by atoms with Gasteiger partial charge in [-0.15, -0.1) is 5.10 Å². The summed E-state index contributed by atoms with van der Waals surface area (Å²) in [5, 5.41) is 7.50. The SMILES string of the molecule is C[C@@H](CC(=O)Cn1nc(-c2ccc(Cl)cc2)n(C2CC2)c1=O)c1cccc2ccccc12. The summed E-state index contributed by atoms with van der Waals surface area (Å²) < 4.78 is 3.05. The van der Waals surface area contributed by atoms with Gasteiger partial charge in [0.1, 0.15) is 6.54 Å². The molecule has 1 aliphatic rings. The second-order valence-corrected chi connectivity index (χ2v) is 9.02. The summed E-state index contributed by atoms with van der Waals surface area (Å²) in [5.41, 5.74) is 1.76. The lowest BCUT2D eigenvalue weighted by Gasteiger charge is -2.14. The van der Waals surface area contributed by atoms with Crippen molar-refractivity contribution in [2.24, 2.45) is 0 Å². The Kier molecular flexibility index (Phi) is 5.43. The Labute approximate surface area is 191 Å². The summed E-state index contributed by atoms with van der Waals surface area (Å²) in [4.78, 5) is 26.0. The number of carbonyl (C=O) groups is 1. The number of hydrogen-bond acceptors (Lipinski definition) is 3. The minimum absolute atomic E-state index is 0.00404. The van der Waals surface area contributed by atoms with Gasteiger partial charge in [0.15, 0.2) is 11.6 Å². The highest BCUT2D eigenvalue weighted by atomic mass is 35.5. The van der Waals surface area contributed by atoms with Crippen LogP contribution in [-0.2, 0) is 11.3 Å². The first-order valence-corrected chi connectivity index (χ1v) is 11.3. The molecule has 1 aromatic heterocycles. The third-order valence-electron chi connectivity index (χ3n) is 6.10. The normalized spacial score (nSPS) is 14.6. The monoisotopic (exact) mass is 445 g/mol. The quantitative estimate of drug-likeness (QED) is 0.371. The Morgan fingerprint density at radius 3 is 2.53 bits per heavy atom. The smallest absolute Gasteiger partial charge is 0.298 e. The van der Waals surface area contributed by atoms with E-state index in [-0.39, 0.29) is 30.0 Å². The summed E-state index contributed by atoms with van der Waals surface area (Å²) in [5.74, 6) is 0.644. The van der Waals surface area contributed by atoms with Crippen molar-refractivity contribution in [3.05, 3.63) is 87.8 Å². The Morgan fingerprint density at radius 1 is 1.06 bits per heavy atom. The number of halogens is 1. The Bertz CT molecular complexity index is 1340.